The lowest BCUT2D eigenvalue weighted by Gasteiger charge is -2.11. The number of halogens is 1. The second kappa shape index (κ2) is 5.03. The molecule has 2 heteroatoms. The molecule has 1 unspecified atom stereocenters. The summed E-state index contributed by atoms with van der Waals surface area (Å²) in [5, 5.41) is 0. The Bertz CT molecular complexity index is 532. The van der Waals surface area contributed by atoms with Crippen molar-refractivity contribution in [3.05, 3.63) is 58.1 Å². The Labute approximate surface area is 111 Å². The molecule has 0 aliphatic carbocycles. The van der Waals surface area contributed by atoms with E-state index in [0.717, 1.165) is 10.0 Å². The van der Waals surface area contributed by atoms with E-state index in [1.807, 2.05) is 6.92 Å². The van der Waals surface area contributed by atoms with Crippen LogP contribution < -0.4 is 5.73 Å². The zero-order valence-corrected chi connectivity index (χ0v) is 11.7. The van der Waals surface area contributed by atoms with Gasteiger partial charge in [-0.15, -0.1) is 0 Å². The third-order valence-corrected chi connectivity index (χ3v) is 3.56. The molecule has 88 valence electrons. The number of aryl methyl sites for hydroxylation is 1. The Morgan fingerprint density at radius 2 is 1.76 bits per heavy atom. The van der Waals surface area contributed by atoms with E-state index in [-0.39, 0.29) is 6.04 Å². The van der Waals surface area contributed by atoms with Gasteiger partial charge in [-0.2, -0.15) is 0 Å². The predicted molar refractivity (Wildman–Crippen MR) is 76.9 cm³/mol. The summed E-state index contributed by atoms with van der Waals surface area (Å²) in [6, 6.07) is 14.9. The van der Waals surface area contributed by atoms with E-state index in [9.17, 15) is 0 Å². The minimum absolute atomic E-state index is 0.0362. The molecule has 0 saturated heterocycles. The van der Waals surface area contributed by atoms with Crippen molar-refractivity contribution in [2.75, 3.05) is 0 Å². The molecule has 0 aliphatic rings. The van der Waals surface area contributed by atoms with Gasteiger partial charge in [0.2, 0.25) is 0 Å². The van der Waals surface area contributed by atoms with E-state index in [0.29, 0.717) is 0 Å². The molecule has 2 aromatic rings. The first kappa shape index (κ1) is 12.3. The average molecular weight is 290 g/mol. The van der Waals surface area contributed by atoms with E-state index in [1.54, 1.807) is 0 Å². The van der Waals surface area contributed by atoms with Crippen LogP contribution in [0.15, 0.2) is 46.9 Å². The van der Waals surface area contributed by atoms with Crippen LogP contribution in [0.25, 0.3) is 11.1 Å². The van der Waals surface area contributed by atoms with Gasteiger partial charge < -0.3 is 5.73 Å². The van der Waals surface area contributed by atoms with Gasteiger partial charge in [0, 0.05) is 10.5 Å². The Morgan fingerprint density at radius 3 is 2.41 bits per heavy atom. The summed E-state index contributed by atoms with van der Waals surface area (Å²) < 4.78 is 1.07. The van der Waals surface area contributed by atoms with E-state index < -0.39 is 0 Å². The van der Waals surface area contributed by atoms with Gasteiger partial charge in [0.15, 0.2) is 0 Å². The van der Waals surface area contributed by atoms with E-state index in [2.05, 4.69) is 65.3 Å². The Morgan fingerprint density at radius 1 is 1.06 bits per heavy atom. The van der Waals surface area contributed by atoms with Crippen molar-refractivity contribution in [1.82, 2.24) is 0 Å². The van der Waals surface area contributed by atoms with Crippen molar-refractivity contribution in [2.45, 2.75) is 19.9 Å². The standard InChI is InChI=1S/C15H16BrN/c1-10-4-3-5-12(8-10)13-6-7-15(16)14(9-13)11(2)17/h3-9,11H,17H2,1-2H3. The largest absolute Gasteiger partial charge is 0.324 e. The maximum Gasteiger partial charge on any atom is 0.0277 e. The van der Waals surface area contributed by atoms with Crippen LogP contribution in [0.4, 0.5) is 0 Å². The lowest BCUT2D eigenvalue weighted by Crippen LogP contribution is -2.05. The Balaban J connectivity index is 2.50. The van der Waals surface area contributed by atoms with E-state index in [4.69, 9.17) is 5.73 Å². The molecule has 2 N–H and O–H groups in total. The van der Waals surface area contributed by atoms with Crippen molar-refractivity contribution in [2.24, 2.45) is 5.73 Å². The first-order chi connectivity index (χ1) is 8.08. The summed E-state index contributed by atoms with van der Waals surface area (Å²) in [7, 11) is 0. The van der Waals surface area contributed by atoms with Gasteiger partial charge in [0.25, 0.3) is 0 Å². The third-order valence-electron chi connectivity index (χ3n) is 2.84. The minimum Gasteiger partial charge on any atom is -0.324 e. The number of rotatable bonds is 2. The fourth-order valence-corrected chi connectivity index (χ4v) is 2.50. The average Bonchev–Trinajstić information content (AvgIpc) is 2.29. The highest BCUT2D eigenvalue weighted by molar-refractivity contribution is 9.10. The summed E-state index contributed by atoms with van der Waals surface area (Å²) in [6.07, 6.45) is 0. The molecule has 1 atom stereocenters. The van der Waals surface area contributed by atoms with Crippen LogP contribution in [0.1, 0.15) is 24.1 Å². The lowest BCUT2D eigenvalue weighted by molar-refractivity contribution is 0.814. The molecule has 0 aromatic heterocycles. The first-order valence-electron chi connectivity index (χ1n) is 5.70. The second-order valence-electron chi connectivity index (χ2n) is 4.39. The highest BCUT2D eigenvalue weighted by Gasteiger charge is 2.07. The second-order valence-corrected chi connectivity index (χ2v) is 5.25. The fraction of sp³-hybridized carbons (Fsp3) is 0.200. The van der Waals surface area contributed by atoms with E-state index in [1.165, 1.54) is 16.7 Å². The van der Waals surface area contributed by atoms with Crippen molar-refractivity contribution in [3.63, 3.8) is 0 Å². The van der Waals surface area contributed by atoms with Crippen LogP contribution in [-0.4, -0.2) is 0 Å². The monoisotopic (exact) mass is 289 g/mol. The van der Waals surface area contributed by atoms with Gasteiger partial charge in [-0.3, -0.25) is 0 Å². The van der Waals surface area contributed by atoms with Crippen LogP contribution in [0.3, 0.4) is 0 Å². The molecule has 0 bridgehead atoms. The molecular weight excluding hydrogens is 274 g/mol. The van der Waals surface area contributed by atoms with Crippen LogP contribution in [0, 0.1) is 6.92 Å². The van der Waals surface area contributed by atoms with Crippen molar-refractivity contribution in [3.8, 4) is 11.1 Å². The summed E-state index contributed by atoms with van der Waals surface area (Å²) in [5.74, 6) is 0. The molecule has 17 heavy (non-hydrogen) atoms. The van der Waals surface area contributed by atoms with Crippen LogP contribution in [-0.2, 0) is 0 Å². The topological polar surface area (TPSA) is 26.0 Å². The molecule has 2 aromatic carbocycles. The molecular formula is C15H16BrN. The summed E-state index contributed by atoms with van der Waals surface area (Å²) in [4.78, 5) is 0. The van der Waals surface area contributed by atoms with Crippen LogP contribution in [0.5, 0.6) is 0 Å². The molecule has 0 aliphatic heterocycles. The molecule has 0 spiro atoms. The Hall–Kier alpha value is -1.12. The van der Waals surface area contributed by atoms with Gasteiger partial charge >= 0.3 is 0 Å². The number of hydrogen-bond donors (Lipinski definition) is 1. The summed E-state index contributed by atoms with van der Waals surface area (Å²) in [5.41, 5.74) is 10.8. The molecule has 0 amide bonds. The number of nitrogens with two attached hydrogens (primary N) is 1. The maximum absolute atomic E-state index is 5.96. The molecule has 0 saturated carbocycles. The third kappa shape index (κ3) is 2.76. The smallest absolute Gasteiger partial charge is 0.0277 e. The van der Waals surface area contributed by atoms with Gasteiger partial charge in [-0.25, -0.2) is 0 Å². The van der Waals surface area contributed by atoms with Gasteiger partial charge in [-0.1, -0.05) is 51.8 Å². The minimum atomic E-state index is 0.0362. The zero-order chi connectivity index (χ0) is 12.4. The van der Waals surface area contributed by atoms with Crippen molar-refractivity contribution < 1.29 is 0 Å². The summed E-state index contributed by atoms with van der Waals surface area (Å²) >= 11 is 3.54. The Kier molecular flexibility index (Phi) is 3.65. The van der Waals surface area contributed by atoms with Gasteiger partial charge in [0.05, 0.1) is 0 Å². The number of hydrogen-bond acceptors (Lipinski definition) is 1. The predicted octanol–water partition coefficient (Wildman–Crippen LogP) is 4.44. The van der Waals surface area contributed by atoms with Gasteiger partial charge in [0.1, 0.15) is 0 Å². The fourth-order valence-electron chi connectivity index (χ4n) is 1.90. The van der Waals surface area contributed by atoms with Crippen molar-refractivity contribution >= 4 is 15.9 Å². The normalized spacial score (nSPS) is 12.5. The highest BCUT2D eigenvalue weighted by Crippen LogP contribution is 2.28. The van der Waals surface area contributed by atoms with Crippen molar-refractivity contribution in [1.29, 1.82) is 0 Å². The van der Waals surface area contributed by atoms with Gasteiger partial charge in [-0.05, 0) is 42.7 Å². The molecule has 0 heterocycles. The molecule has 0 radical (unpaired) electrons. The van der Waals surface area contributed by atoms with E-state index >= 15 is 0 Å². The zero-order valence-electron chi connectivity index (χ0n) is 10.1. The number of benzene rings is 2. The van der Waals surface area contributed by atoms with Crippen LogP contribution in [0.2, 0.25) is 0 Å². The molecule has 0 fully saturated rings. The quantitative estimate of drug-likeness (QED) is 0.869. The SMILES string of the molecule is Cc1cccc(-c2ccc(Br)c(C(C)N)c2)c1. The highest BCUT2D eigenvalue weighted by atomic mass is 79.9. The lowest BCUT2D eigenvalue weighted by atomic mass is 9.99. The first-order valence-corrected chi connectivity index (χ1v) is 6.49. The molecule has 2 rings (SSSR count). The van der Waals surface area contributed by atoms with Crippen LogP contribution >= 0.6 is 15.9 Å². The summed E-state index contributed by atoms with van der Waals surface area (Å²) in [6.45, 7) is 4.11. The maximum atomic E-state index is 5.96. The molecule has 1 nitrogen and oxygen atoms in total.